The molecule has 0 bridgehead atoms. The first-order valence-corrected chi connectivity index (χ1v) is 31.1. The highest BCUT2D eigenvalue weighted by atomic mass is 19.4. The maximum absolute atomic E-state index is 12.3. The van der Waals surface area contributed by atoms with Crippen molar-refractivity contribution in [3.8, 4) is 102 Å². The Balaban J connectivity index is 0.000000198. The second-order valence-electron chi connectivity index (χ2n) is 21.5. The van der Waals surface area contributed by atoms with Gasteiger partial charge in [-0.3, -0.25) is 0 Å². The first kappa shape index (κ1) is 71.2. The number of nitrogens with zero attached hydrogens (tertiary/aromatic N) is 6. The Labute approximate surface area is 536 Å². The number of hydrogen-bond acceptors (Lipinski definition) is 12. The summed E-state index contributed by atoms with van der Waals surface area (Å²) in [5.41, 5.74) is 7.46. The standard InChI is InChI=1S/C25H27F3N2O2.C24H25F3N2O2.C23H23F3N2O2/c1-2-3-4-5-6-7-16-31-23-17-29-24(30-18-23)21-10-8-19(9-11-21)20-12-14-22(15-13-20)32-25(26,27)28;1-2-3-4-5-6-15-30-22-16-28-23(29-17-22)20-9-7-18(8-10-20)19-11-13-21(14-12-19)31-24(25,26)27;1-2-3-4-5-14-29-21-15-27-22(28-16-21)19-8-6-17(7-9-19)18-10-12-20(13-11-18)30-23(24,25)26/h8-15,17-18H,2-7,16H2,1H3;7-14,16-17H,2-6,15H2,1H3;6-13,15-16H,2-5,14H2,1H3. The van der Waals surface area contributed by atoms with Crippen LogP contribution in [0.5, 0.6) is 34.5 Å². The van der Waals surface area contributed by atoms with Crippen LogP contribution in [0.3, 0.4) is 0 Å². The van der Waals surface area contributed by atoms with Crippen LogP contribution in [0.4, 0.5) is 39.5 Å². The van der Waals surface area contributed by atoms with Gasteiger partial charge in [-0.2, -0.15) is 0 Å². The summed E-state index contributed by atoms with van der Waals surface area (Å²) in [6, 6.07) is 39.8. The van der Waals surface area contributed by atoms with Gasteiger partial charge in [-0.05, 0) is 89.0 Å². The van der Waals surface area contributed by atoms with Gasteiger partial charge < -0.3 is 28.4 Å². The highest BCUT2D eigenvalue weighted by molar-refractivity contribution is 5.70. The summed E-state index contributed by atoms with van der Waals surface area (Å²) in [5.74, 6) is 2.95. The fourth-order valence-electron chi connectivity index (χ4n) is 9.29. The molecule has 0 amide bonds. The summed E-state index contributed by atoms with van der Waals surface area (Å²) in [7, 11) is 0. The van der Waals surface area contributed by atoms with Crippen molar-refractivity contribution in [1.29, 1.82) is 0 Å². The van der Waals surface area contributed by atoms with Crippen LogP contribution in [-0.4, -0.2) is 68.8 Å². The molecule has 21 heteroatoms. The second kappa shape index (κ2) is 36.7. The van der Waals surface area contributed by atoms with Gasteiger partial charge in [0.1, 0.15) is 17.2 Å². The second-order valence-corrected chi connectivity index (χ2v) is 21.5. The van der Waals surface area contributed by atoms with Crippen molar-refractivity contribution < 1.29 is 67.9 Å². The Morgan fingerprint density at radius 3 is 0.634 bits per heavy atom. The molecule has 9 aromatic rings. The monoisotopic (exact) mass is 1290 g/mol. The van der Waals surface area contributed by atoms with Crippen molar-refractivity contribution in [3.63, 3.8) is 0 Å². The topological polar surface area (TPSA) is 133 Å². The van der Waals surface area contributed by atoms with Crippen LogP contribution in [-0.2, 0) is 0 Å². The zero-order valence-corrected chi connectivity index (χ0v) is 52.1. The average molecular weight is 1290 g/mol. The van der Waals surface area contributed by atoms with Crippen molar-refractivity contribution in [2.24, 2.45) is 0 Å². The Morgan fingerprint density at radius 1 is 0.237 bits per heavy atom. The lowest BCUT2D eigenvalue weighted by atomic mass is 10.0. The lowest BCUT2D eigenvalue weighted by Gasteiger charge is -2.10. The molecule has 3 aromatic heterocycles. The van der Waals surface area contributed by atoms with E-state index in [9.17, 15) is 39.5 Å². The van der Waals surface area contributed by atoms with Crippen molar-refractivity contribution >= 4 is 0 Å². The molecule has 12 nitrogen and oxygen atoms in total. The number of benzene rings is 6. The molecule has 0 aliphatic heterocycles. The minimum Gasteiger partial charge on any atom is -0.490 e. The molecule has 0 aliphatic rings. The van der Waals surface area contributed by atoms with E-state index in [2.05, 4.69) is 64.9 Å². The van der Waals surface area contributed by atoms with Crippen LogP contribution >= 0.6 is 0 Å². The number of alkyl halides is 9. The maximum atomic E-state index is 12.3. The Bertz CT molecular complexity index is 3530. The Morgan fingerprint density at radius 2 is 0.419 bits per heavy atom. The van der Waals surface area contributed by atoms with E-state index in [4.69, 9.17) is 14.2 Å². The molecule has 0 radical (unpaired) electrons. The molecule has 0 atom stereocenters. The van der Waals surface area contributed by atoms with Crippen LogP contribution in [0, 0.1) is 0 Å². The van der Waals surface area contributed by atoms with Crippen molar-refractivity contribution in [2.45, 2.75) is 136 Å². The summed E-state index contributed by atoms with van der Waals surface area (Å²) >= 11 is 0. The lowest BCUT2D eigenvalue weighted by molar-refractivity contribution is -0.275. The number of unbranched alkanes of at least 4 members (excludes halogenated alkanes) is 12. The van der Waals surface area contributed by atoms with Crippen molar-refractivity contribution in [2.75, 3.05) is 19.8 Å². The van der Waals surface area contributed by atoms with E-state index < -0.39 is 19.1 Å². The maximum Gasteiger partial charge on any atom is 0.573 e. The summed E-state index contributed by atoms with van der Waals surface area (Å²) < 4.78 is 139. The molecule has 6 aromatic carbocycles. The fourth-order valence-corrected chi connectivity index (χ4v) is 9.29. The van der Waals surface area contributed by atoms with E-state index in [1.165, 1.54) is 101 Å². The molecule has 93 heavy (non-hydrogen) atoms. The largest absolute Gasteiger partial charge is 0.573 e. The molecule has 9 rings (SSSR count). The van der Waals surface area contributed by atoms with Gasteiger partial charge in [0.05, 0.1) is 57.0 Å². The molecule has 3 heterocycles. The third-order valence-electron chi connectivity index (χ3n) is 14.1. The first-order valence-electron chi connectivity index (χ1n) is 31.1. The van der Waals surface area contributed by atoms with E-state index in [0.717, 1.165) is 82.2 Å². The van der Waals surface area contributed by atoms with Gasteiger partial charge in [0.25, 0.3) is 0 Å². The molecule has 0 saturated carbocycles. The highest BCUT2D eigenvalue weighted by Gasteiger charge is 2.32. The number of hydrogen-bond donors (Lipinski definition) is 0. The van der Waals surface area contributed by atoms with Gasteiger partial charge in [0.2, 0.25) is 0 Å². The third kappa shape index (κ3) is 26.1. The SMILES string of the molecule is CCCCCCCCOc1cnc(-c2ccc(-c3ccc(OC(F)(F)F)cc3)cc2)nc1.CCCCCCCOc1cnc(-c2ccc(-c3ccc(OC(F)(F)F)cc3)cc2)nc1.CCCCCCOc1cnc(-c2ccc(-c3ccc(OC(F)(F)F)cc3)cc2)nc1. The lowest BCUT2D eigenvalue weighted by Crippen LogP contribution is -2.16. The van der Waals surface area contributed by atoms with Crippen LogP contribution in [0.15, 0.2) is 183 Å². The molecular weight excluding hydrogens is 1220 g/mol. The number of halogens is 9. The van der Waals surface area contributed by atoms with E-state index in [1.807, 2.05) is 72.8 Å². The predicted molar refractivity (Wildman–Crippen MR) is 342 cm³/mol. The molecule has 0 saturated heterocycles. The van der Waals surface area contributed by atoms with Crippen LogP contribution < -0.4 is 28.4 Å². The van der Waals surface area contributed by atoms with Crippen LogP contribution in [0.2, 0.25) is 0 Å². The summed E-state index contributed by atoms with van der Waals surface area (Å²) in [4.78, 5) is 26.2. The number of aromatic nitrogens is 6. The Hall–Kier alpha value is -9.27. The van der Waals surface area contributed by atoms with Gasteiger partial charge >= 0.3 is 19.1 Å². The zero-order chi connectivity index (χ0) is 66.3. The normalized spacial score (nSPS) is 11.4. The number of rotatable bonds is 30. The van der Waals surface area contributed by atoms with Crippen LogP contribution in [0.1, 0.15) is 117 Å². The molecule has 0 unspecified atom stereocenters. The quantitative estimate of drug-likeness (QED) is 0.0313. The molecule has 492 valence electrons. The van der Waals surface area contributed by atoms with Crippen molar-refractivity contribution in [1.82, 2.24) is 29.9 Å². The summed E-state index contributed by atoms with van der Waals surface area (Å²) in [6.07, 6.45) is 13.6. The van der Waals surface area contributed by atoms with Crippen molar-refractivity contribution in [3.05, 3.63) is 183 Å². The van der Waals surface area contributed by atoms with Gasteiger partial charge in [0.15, 0.2) is 34.7 Å². The fraction of sp³-hybridized carbons (Fsp3) is 0.333. The smallest absolute Gasteiger partial charge is 0.490 e. The van der Waals surface area contributed by atoms with Crippen LogP contribution in [0.25, 0.3) is 67.5 Å². The van der Waals surface area contributed by atoms with Gasteiger partial charge in [0, 0.05) is 16.7 Å². The molecule has 0 N–H and O–H groups in total. The van der Waals surface area contributed by atoms with Gasteiger partial charge in [-0.25, -0.2) is 29.9 Å². The average Bonchev–Trinajstić information content (AvgIpc) is 1.18. The highest BCUT2D eigenvalue weighted by Crippen LogP contribution is 2.32. The predicted octanol–water partition coefficient (Wildman–Crippen LogP) is 21.2. The zero-order valence-electron chi connectivity index (χ0n) is 52.1. The van der Waals surface area contributed by atoms with E-state index in [0.29, 0.717) is 54.5 Å². The van der Waals surface area contributed by atoms with Gasteiger partial charge in [-0.1, -0.05) is 207 Å². The van der Waals surface area contributed by atoms with E-state index in [-0.39, 0.29) is 17.2 Å². The molecule has 0 aliphatic carbocycles. The Kier molecular flexibility index (Phi) is 28.1. The van der Waals surface area contributed by atoms with E-state index in [1.54, 1.807) is 73.6 Å². The minimum absolute atomic E-state index is 0.245. The molecule has 0 spiro atoms. The number of ether oxygens (including phenoxy) is 6. The van der Waals surface area contributed by atoms with E-state index >= 15 is 0 Å². The minimum atomic E-state index is -4.70. The summed E-state index contributed by atoms with van der Waals surface area (Å²) in [5, 5.41) is 0. The molecular formula is C72H75F9N6O6. The molecule has 0 fully saturated rings. The van der Waals surface area contributed by atoms with Gasteiger partial charge in [-0.15, -0.1) is 39.5 Å². The third-order valence-corrected chi connectivity index (χ3v) is 14.1. The first-order chi connectivity index (χ1) is 44.8. The summed E-state index contributed by atoms with van der Waals surface area (Å²) in [6.45, 7) is 8.55.